The molecule has 4 heterocycles. The highest BCUT2D eigenvalue weighted by atomic mass is 16.1. The molecule has 0 unspecified atom stereocenters. The van der Waals surface area contributed by atoms with Crippen molar-refractivity contribution < 1.29 is 0 Å². The topological polar surface area (TPSA) is 58.9 Å². The molecule has 0 saturated carbocycles. The summed E-state index contributed by atoms with van der Waals surface area (Å²) in [5.74, 6) is 0.972. The average molecular weight is 472 g/mol. The van der Waals surface area contributed by atoms with Gasteiger partial charge in [0, 0.05) is 48.5 Å². The second-order valence-electron chi connectivity index (χ2n) is 10.5. The van der Waals surface area contributed by atoms with Crippen molar-refractivity contribution in [2.24, 2.45) is 14.1 Å². The summed E-state index contributed by atoms with van der Waals surface area (Å²) in [6.07, 6.45) is 9.29. The average Bonchev–Trinajstić information content (AvgIpc) is 3.44. The first kappa shape index (κ1) is 23.6. The molecule has 1 aliphatic rings. The fourth-order valence-corrected chi connectivity index (χ4v) is 5.73. The zero-order chi connectivity index (χ0) is 24.7. The largest absolute Gasteiger partial charge is 0.354 e. The first-order chi connectivity index (χ1) is 16.9. The van der Waals surface area contributed by atoms with Crippen LogP contribution in [0.2, 0.25) is 0 Å². The third kappa shape index (κ3) is 4.47. The number of hydrogen-bond acceptors (Lipinski definition) is 3. The van der Waals surface area contributed by atoms with Gasteiger partial charge in [-0.25, -0.2) is 0 Å². The maximum absolute atomic E-state index is 12.9. The molecule has 6 heteroatoms. The van der Waals surface area contributed by atoms with Crippen LogP contribution in [0.5, 0.6) is 0 Å². The number of H-pyrrole nitrogens is 1. The molecule has 6 nitrogen and oxygen atoms in total. The Morgan fingerprint density at radius 2 is 1.86 bits per heavy atom. The number of hydrogen-bond donors (Lipinski definition) is 1. The molecule has 0 spiro atoms. The molecular weight excluding hydrogens is 434 g/mol. The predicted molar refractivity (Wildman–Crippen MR) is 144 cm³/mol. The van der Waals surface area contributed by atoms with E-state index < -0.39 is 0 Å². The van der Waals surface area contributed by atoms with Gasteiger partial charge < -0.3 is 14.5 Å². The molecule has 35 heavy (non-hydrogen) atoms. The minimum absolute atomic E-state index is 0.0133. The number of pyridine rings is 1. The smallest absolute Gasteiger partial charge is 0.258 e. The zero-order valence-corrected chi connectivity index (χ0v) is 21.6. The van der Waals surface area contributed by atoms with Gasteiger partial charge in [-0.1, -0.05) is 26.8 Å². The summed E-state index contributed by atoms with van der Waals surface area (Å²) < 4.78 is 3.42. The van der Waals surface area contributed by atoms with Crippen LogP contribution < -0.4 is 5.56 Å². The minimum atomic E-state index is -0.0133. The van der Waals surface area contributed by atoms with Crippen LogP contribution in [-0.4, -0.2) is 43.9 Å². The van der Waals surface area contributed by atoms with Crippen LogP contribution >= 0.6 is 0 Å². The quantitative estimate of drug-likeness (QED) is 0.395. The lowest BCUT2D eigenvalue weighted by Gasteiger charge is -2.32. The molecule has 3 aromatic heterocycles. The first-order valence-electron chi connectivity index (χ1n) is 12.9. The van der Waals surface area contributed by atoms with Crippen molar-refractivity contribution in [3.05, 3.63) is 64.3 Å². The molecule has 1 fully saturated rings. The van der Waals surface area contributed by atoms with Crippen LogP contribution in [0.25, 0.3) is 33.3 Å². The summed E-state index contributed by atoms with van der Waals surface area (Å²) in [6.45, 7) is 10.4. The second-order valence-corrected chi connectivity index (χ2v) is 10.5. The SMILES string of the molecule is CCCN1CCC(c2ccc3[nH]c(-c4cc(-c5cnn(C)c5)c(=O)n(C)c4)c(C(C)C)c3c2)CC1. The number of aromatic amines is 1. The summed E-state index contributed by atoms with van der Waals surface area (Å²) in [7, 11) is 3.70. The maximum atomic E-state index is 12.9. The number of rotatable bonds is 6. The van der Waals surface area contributed by atoms with E-state index in [2.05, 4.69) is 54.0 Å². The van der Waals surface area contributed by atoms with Gasteiger partial charge in [0.25, 0.3) is 5.56 Å². The Hall–Kier alpha value is -3.12. The molecular formula is C29H37N5O. The predicted octanol–water partition coefficient (Wildman–Crippen LogP) is 5.65. The molecule has 4 aromatic rings. The number of nitrogens with one attached hydrogen (secondary N) is 1. The molecule has 184 valence electrons. The Balaban J connectivity index is 1.57. The number of aryl methyl sites for hydroxylation is 2. The Morgan fingerprint density at radius 1 is 1.09 bits per heavy atom. The number of benzene rings is 1. The molecule has 0 aliphatic carbocycles. The van der Waals surface area contributed by atoms with E-state index in [1.54, 1.807) is 15.4 Å². The third-order valence-corrected chi connectivity index (χ3v) is 7.53. The summed E-state index contributed by atoms with van der Waals surface area (Å²) in [5, 5.41) is 5.58. The molecule has 0 atom stereocenters. The van der Waals surface area contributed by atoms with Crippen LogP contribution in [0.1, 0.15) is 63.0 Å². The van der Waals surface area contributed by atoms with Crippen molar-refractivity contribution in [2.75, 3.05) is 19.6 Å². The van der Waals surface area contributed by atoms with Crippen LogP contribution in [0.15, 0.2) is 47.7 Å². The Morgan fingerprint density at radius 3 is 2.51 bits per heavy atom. The van der Waals surface area contributed by atoms with E-state index in [0.717, 1.165) is 22.3 Å². The van der Waals surface area contributed by atoms with E-state index in [-0.39, 0.29) is 5.56 Å². The number of piperidine rings is 1. The lowest BCUT2D eigenvalue weighted by molar-refractivity contribution is 0.213. The van der Waals surface area contributed by atoms with Crippen LogP contribution in [0, 0.1) is 0 Å². The third-order valence-electron chi connectivity index (χ3n) is 7.53. The van der Waals surface area contributed by atoms with Gasteiger partial charge in [0.15, 0.2) is 0 Å². The number of aromatic nitrogens is 4. The van der Waals surface area contributed by atoms with Crippen LogP contribution in [0.3, 0.4) is 0 Å². The molecule has 0 bridgehead atoms. The van der Waals surface area contributed by atoms with Crippen molar-refractivity contribution in [3.63, 3.8) is 0 Å². The van der Waals surface area contributed by atoms with Crippen LogP contribution in [-0.2, 0) is 14.1 Å². The minimum Gasteiger partial charge on any atom is -0.354 e. The summed E-state index contributed by atoms with van der Waals surface area (Å²) in [4.78, 5) is 19.3. The monoisotopic (exact) mass is 471 g/mol. The summed E-state index contributed by atoms with van der Waals surface area (Å²) in [6, 6.07) is 9.01. The van der Waals surface area contributed by atoms with Crippen molar-refractivity contribution in [1.29, 1.82) is 0 Å². The fraction of sp³-hybridized carbons (Fsp3) is 0.448. The van der Waals surface area contributed by atoms with Crippen molar-refractivity contribution in [1.82, 2.24) is 24.2 Å². The zero-order valence-electron chi connectivity index (χ0n) is 21.6. The Labute approximate surface area is 207 Å². The Kier molecular flexibility index (Phi) is 6.41. The van der Waals surface area contributed by atoms with Crippen molar-refractivity contribution in [3.8, 4) is 22.4 Å². The standard InChI is InChI=1S/C29H37N5O/c1-6-11-34-12-9-20(10-13-34)21-7-8-26-25(14-21)27(19(2)3)28(31-26)22-15-24(29(35)32(4)17-22)23-16-30-33(5)18-23/h7-8,14-20,31H,6,9-13H2,1-5H3. The van der Waals surface area contributed by atoms with Gasteiger partial charge in [0.2, 0.25) is 0 Å². The highest BCUT2D eigenvalue weighted by molar-refractivity contribution is 5.92. The summed E-state index contributed by atoms with van der Waals surface area (Å²) >= 11 is 0. The fourth-order valence-electron chi connectivity index (χ4n) is 5.73. The highest BCUT2D eigenvalue weighted by Gasteiger charge is 2.23. The van der Waals surface area contributed by atoms with Gasteiger partial charge >= 0.3 is 0 Å². The molecule has 1 aromatic carbocycles. The lowest BCUT2D eigenvalue weighted by atomic mass is 9.87. The normalized spacial score (nSPS) is 15.5. The summed E-state index contributed by atoms with van der Waals surface area (Å²) in [5.41, 5.74) is 7.57. The van der Waals surface area contributed by atoms with Gasteiger partial charge in [-0.15, -0.1) is 0 Å². The van der Waals surface area contributed by atoms with Crippen molar-refractivity contribution in [2.45, 2.75) is 51.9 Å². The second kappa shape index (κ2) is 9.50. The van der Waals surface area contributed by atoms with E-state index in [1.807, 2.05) is 32.6 Å². The molecule has 5 rings (SSSR count). The van der Waals surface area contributed by atoms with Gasteiger partial charge in [-0.3, -0.25) is 9.48 Å². The number of fused-ring (bicyclic) bond motifs is 1. The van der Waals surface area contributed by atoms with E-state index >= 15 is 0 Å². The first-order valence-corrected chi connectivity index (χ1v) is 12.9. The maximum Gasteiger partial charge on any atom is 0.258 e. The molecule has 1 N–H and O–H groups in total. The van der Waals surface area contributed by atoms with E-state index in [1.165, 1.54) is 55.4 Å². The number of likely N-dealkylation sites (tertiary alicyclic amines) is 1. The molecule has 1 aliphatic heterocycles. The van der Waals surface area contributed by atoms with Crippen molar-refractivity contribution >= 4 is 10.9 Å². The molecule has 0 radical (unpaired) electrons. The number of nitrogens with zero attached hydrogens (tertiary/aromatic N) is 4. The van der Waals surface area contributed by atoms with E-state index in [9.17, 15) is 4.79 Å². The van der Waals surface area contributed by atoms with E-state index in [4.69, 9.17) is 0 Å². The van der Waals surface area contributed by atoms with Gasteiger partial charge in [-0.05, 0) is 80.1 Å². The Bertz CT molecular complexity index is 1400. The van der Waals surface area contributed by atoms with Gasteiger partial charge in [0.05, 0.1) is 17.5 Å². The van der Waals surface area contributed by atoms with Gasteiger partial charge in [-0.2, -0.15) is 5.10 Å². The van der Waals surface area contributed by atoms with E-state index in [0.29, 0.717) is 17.4 Å². The molecule has 0 amide bonds. The lowest BCUT2D eigenvalue weighted by Crippen LogP contribution is -2.33. The van der Waals surface area contributed by atoms with Crippen LogP contribution in [0.4, 0.5) is 0 Å². The highest BCUT2D eigenvalue weighted by Crippen LogP contribution is 2.38. The molecule has 1 saturated heterocycles. The van der Waals surface area contributed by atoms with Gasteiger partial charge in [0.1, 0.15) is 0 Å².